The molecule has 1 heterocycles. The standard InChI is InChI=1S/C16H15Cl2NO5/c1-21-12-8-7-9-14(13-10(17)5-4-6-11(13)18)19-24-15(9,20)16(12,22-2)23-3/h4-8,20H,1-3H3. The number of allylic oxidation sites excluding steroid dienone is 2. The first-order valence-electron chi connectivity index (χ1n) is 6.95. The lowest BCUT2D eigenvalue weighted by atomic mass is 9.85. The molecule has 1 N–H and O–H groups in total. The minimum atomic E-state index is -2.06. The molecule has 0 fully saturated rings. The average molecular weight is 372 g/mol. The summed E-state index contributed by atoms with van der Waals surface area (Å²) in [4.78, 5) is 5.34. The van der Waals surface area contributed by atoms with Gasteiger partial charge in [0.2, 0.25) is 0 Å². The molecule has 0 bridgehead atoms. The molecule has 0 amide bonds. The van der Waals surface area contributed by atoms with E-state index in [9.17, 15) is 5.11 Å². The van der Waals surface area contributed by atoms with E-state index in [1.807, 2.05) is 0 Å². The minimum Gasteiger partial charge on any atom is -0.495 e. The van der Waals surface area contributed by atoms with Crippen LogP contribution in [0.2, 0.25) is 10.0 Å². The molecule has 1 aromatic rings. The Morgan fingerprint density at radius 1 is 1.08 bits per heavy atom. The summed E-state index contributed by atoms with van der Waals surface area (Å²) >= 11 is 12.5. The van der Waals surface area contributed by atoms with Crippen molar-refractivity contribution in [3.05, 3.63) is 57.3 Å². The van der Waals surface area contributed by atoms with Crippen LogP contribution in [0.3, 0.4) is 0 Å². The van der Waals surface area contributed by atoms with Gasteiger partial charge in [0.05, 0.1) is 22.7 Å². The van der Waals surface area contributed by atoms with E-state index >= 15 is 0 Å². The highest BCUT2D eigenvalue weighted by atomic mass is 35.5. The Morgan fingerprint density at radius 3 is 2.25 bits per heavy atom. The summed E-state index contributed by atoms with van der Waals surface area (Å²) in [5.74, 6) is -3.57. The normalized spacial score (nSPS) is 24.5. The van der Waals surface area contributed by atoms with Gasteiger partial charge in [-0.2, -0.15) is 0 Å². The average Bonchev–Trinajstić information content (AvgIpc) is 2.91. The van der Waals surface area contributed by atoms with Crippen molar-refractivity contribution in [1.29, 1.82) is 0 Å². The van der Waals surface area contributed by atoms with Crippen LogP contribution in [-0.2, 0) is 19.0 Å². The van der Waals surface area contributed by atoms with Gasteiger partial charge in [0, 0.05) is 19.8 Å². The van der Waals surface area contributed by atoms with Crippen molar-refractivity contribution in [2.24, 2.45) is 5.16 Å². The zero-order chi connectivity index (χ0) is 17.5. The van der Waals surface area contributed by atoms with Crippen molar-refractivity contribution in [1.82, 2.24) is 0 Å². The van der Waals surface area contributed by atoms with Crippen molar-refractivity contribution in [2.45, 2.75) is 11.6 Å². The molecule has 128 valence electrons. The first kappa shape index (κ1) is 17.3. The molecule has 0 radical (unpaired) electrons. The number of fused-ring (bicyclic) bond motifs is 1. The third kappa shape index (κ3) is 2.11. The van der Waals surface area contributed by atoms with Gasteiger partial charge >= 0.3 is 11.6 Å². The maximum absolute atomic E-state index is 11.2. The summed E-state index contributed by atoms with van der Waals surface area (Å²) in [6.45, 7) is 0. The van der Waals surface area contributed by atoms with Crippen molar-refractivity contribution in [2.75, 3.05) is 21.3 Å². The highest BCUT2D eigenvalue weighted by molar-refractivity contribution is 6.41. The topological polar surface area (TPSA) is 69.5 Å². The molecule has 0 spiro atoms. The van der Waals surface area contributed by atoms with E-state index in [1.165, 1.54) is 21.3 Å². The first-order chi connectivity index (χ1) is 11.4. The molecule has 1 unspecified atom stereocenters. The molecule has 8 heteroatoms. The van der Waals surface area contributed by atoms with Crippen molar-refractivity contribution < 1.29 is 24.2 Å². The number of rotatable bonds is 4. The van der Waals surface area contributed by atoms with Gasteiger partial charge in [0.1, 0.15) is 5.71 Å². The van der Waals surface area contributed by atoms with E-state index in [0.717, 1.165) is 0 Å². The molecular formula is C16H15Cl2NO5. The predicted molar refractivity (Wildman–Crippen MR) is 89.0 cm³/mol. The molecular weight excluding hydrogens is 357 g/mol. The van der Waals surface area contributed by atoms with Crippen molar-refractivity contribution in [3.63, 3.8) is 0 Å². The van der Waals surface area contributed by atoms with Crippen LogP contribution >= 0.6 is 23.2 Å². The van der Waals surface area contributed by atoms with E-state index in [4.69, 9.17) is 42.3 Å². The Labute approximate surface area is 148 Å². The zero-order valence-corrected chi connectivity index (χ0v) is 14.7. The summed E-state index contributed by atoms with van der Waals surface area (Å²) in [6, 6.07) is 5.05. The van der Waals surface area contributed by atoms with E-state index in [0.29, 0.717) is 21.2 Å². The molecule has 0 aromatic heterocycles. The number of benzene rings is 1. The predicted octanol–water partition coefficient (Wildman–Crippen LogP) is 2.88. The summed E-state index contributed by atoms with van der Waals surface area (Å²) in [5.41, 5.74) is 1.03. The molecule has 1 aromatic carbocycles. The van der Waals surface area contributed by atoms with Gasteiger partial charge in [-0.1, -0.05) is 34.4 Å². The molecule has 1 aliphatic heterocycles. The number of nitrogens with zero attached hydrogens (tertiary/aromatic N) is 1. The Hall–Kier alpha value is -1.57. The van der Waals surface area contributed by atoms with E-state index in [1.54, 1.807) is 30.4 Å². The fourth-order valence-corrected chi connectivity index (χ4v) is 3.48. The third-order valence-electron chi connectivity index (χ3n) is 4.06. The second-order valence-corrected chi connectivity index (χ2v) is 5.93. The van der Waals surface area contributed by atoms with Crippen LogP contribution in [0.1, 0.15) is 5.56 Å². The summed E-state index contributed by atoms with van der Waals surface area (Å²) < 4.78 is 16.1. The van der Waals surface area contributed by atoms with Crippen LogP contribution in [0.5, 0.6) is 0 Å². The fraction of sp³-hybridized carbons (Fsp3) is 0.312. The third-order valence-corrected chi connectivity index (χ3v) is 4.69. The van der Waals surface area contributed by atoms with Gasteiger partial charge in [-0.25, -0.2) is 0 Å². The number of hydrogen-bond donors (Lipinski definition) is 1. The molecule has 0 saturated carbocycles. The number of halogens is 2. The summed E-state index contributed by atoms with van der Waals surface area (Å²) in [5, 5.41) is 15.9. The van der Waals surface area contributed by atoms with E-state index < -0.39 is 11.6 Å². The molecule has 2 aliphatic rings. The molecule has 1 aliphatic carbocycles. The van der Waals surface area contributed by atoms with Gasteiger partial charge in [-0.15, -0.1) is 0 Å². The Kier molecular flexibility index (Phi) is 4.36. The van der Waals surface area contributed by atoms with Crippen LogP contribution in [0.4, 0.5) is 0 Å². The van der Waals surface area contributed by atoms with Crippen LogP contribution in [-0.4, -0.2) is 43.7 Å². The highest BCUT2D eigenvalue weighted by Gasteiger charge is 2.66. The smallest absolute Gasteiger partial charge is 0.325 e. The maximum Gasteiger partial charge on any atom is 0.325 e. The fourth-order valence-electron chi connectivity index (χ4n) is 2.90. The largest absolute Gasteiger partial charge is 0.495 e. The maximum atomic E-state index is 11.2. The number of oxime groups is 1. The second kappa shape index (κ2) is 6.06. The molecule has 24 heavy (non-hydrogen) atoms. The Bertz CT molecular complexity index is 749. The van der Waals surface area contributed by atoms with Crippen molar-refractivity contribution in [3.8, 4) is 0 Å². The van der Waals surface area contributed by atoms with Gasteiger partial charge < -0.3 is 24.2 Å². The lowest BCUT2D eigenvalue weighted by molar-refractivity contribution is -0.357. The summed E-state index contributed by atoms with van der Waals surface area (Å²) in [7, 11) is 4.16. The van der Waals surface area contributed by atoms with E-state index in [2.05, 4.69) is 5.16 Å². The highest BCUT2D eigenvalue weighted by Crippen LogP contribution is 2.48. The molecule has 3 rings (SSSR count). The van der Waals surface area contributed by atoms with Crippen LogP contribution in [0, 0.1) is 0 Å². The van der Waals surface area contributed by atoms with Gasteiger partial charge in [-0.3, -0.25) is 0 Å². The molecule has 1 atom stereocenters. The minimum absolute atomic E-state index is 0.223. The number of ether oxygens (including phenoxy) is 3. The number of methoxy groups -OCH3 is 3. The molecule has 6 nitrogen and oxygen atoms in total. The zero-order valence-electron chi connectivity index (χ0n) is 13.2. The quantitative estimate of drug-likeness (QED) is 0.824. The SMILES string of the molecule is COC1=CC=C2C(c3c(Cl)cccc3Cl)=NOC2(O)C1(OC)OC. The summed E-state index contributed by atoms with van der Waals surface area (Å²) in [6.07, 6.45) is 3.20. The Morgan fingerprint density at radius 2 is 1.71 bits per heavy atom. The lowest BCUT2D eigenvalue weighted by Gasteiger charge is -2.42. The van der Waals surface area contributed by atoms with Gasteiger partial charge in [0.15, 0.2) is 5.76 Å². The van der Waals surface area contributed by atoms with Gasteiger partial charge in [0.25, 0.3) is 0 Å². The monoisotopic (exact) mass is 371 g/mol. The van der Waals surface area contributed by atoms with Crippen molar-refractivity contribution >= 4 is 28.9 Å². The van der Waals surface area contributed by atoms with E-state index in [-0.39, 0.29) is 11.5 Å². The number of aliphatic hydroxyl groups is 1. The molecule has 0 saturated heterocycles. The number of hydrogen-bond acceptors (Lipinski definition) is 6. The first-order valence-corrected chi connectivity index (χ1v) is 7.71. The van der Waals surface area contributed by atoms with Gasteiger partial charge in [-0.05, 0) is 24.3 Å². The lowest BCUT2D eigenvalue weighted by Crippen LogP contribution is -2.60. The van der Waals surface area contributed by atoms with Crippen LogP contribution in [0.25, 0.3) is 0 Å². The Balaban J connectivity index is 2.19. The van der Waals surface area contributed by atoms with Crippen LogP contribution < -0.4 is 0 Å². The second-order valence-electron chi connectivity index (χ2n) is 5.11. The van der Waals surface area contributed by atoms with Crippen LogP contribution in [0.15, 0.2) is 46.8 Å².